The Bertz CT molecular complexity index is 463. The maximum atomic E-state index is 4.41. The van der Waals surface area contributed by atoms with Crippen molar-refractivity contribution >= 4 is 5.95 Å². The van der Waals surface area contributed by atoms with Gasteiger partial charge in [0, 0.05) is 31.7 Å². The number of hydrogen-bond acceptors (Lipinski definition) is 4. The van der Waals surface area contributed by atoms with E-state index >= 15 is 0 Å². The van der Waals surface area contributed by atoms with E-state index in [2.05, 4.69) is 31.8 Å². The molecule has 0 saturated carbocycles. The van der Waals surface area contributed by atoms with E-state index in [-0.39, 0.29) is 0 Å². The van der Waals surface area contributed by atoms with Gasteiger partial charge in [-0.3, -0.25) is 0 Å². The van der Waals surface area contributed by atoms with Gasteiger partial charge in [-0.05, 0) is 19.9 Å². The Kier molecular flexibility index (Phi) is 3.14. The smallest absolute Gasteiger partial charge is 0.223 e. The molecule has 0 unspecified atom stereocenters. The zero-order valence-corrected chi connectivity index (χ0v) is 9.51. The van der Waals surface area contributed by atoms with E-state index < -0.39 is 0 Å². The fraction of sp³-hybridized carbons (Fsp3) is 0.364. The Labute approximate surface area is 94.6 Å². The Morgan fingerprint density at radius 2 is 2.12 bits per heavy atom. The molecule has 0 aromatic carbocycles. The van der Waals surface area contributed by atoms with Crippen LogP contribution in [0.4, 0.5) is 5.95 Å². The molecule has 0 fully saturated rings. The molecule has 5 heteroatoms. The summed E-state index contributed by atoms with van der Waals surface area (Å²) in [6.07, 6.45) is 5.48. The summed E-state index contributed by atoms with van der Waals surface area (Å²) >= 11 is 0. The van der Waals surface area contributed by atoms with E-state index in [9.17, 15) is 0 Å². The molecule has 0 saturated heterocycles. The van der Waals surface area contributed by atoms with Crippen molar-refractivity contribution in [2.24, 2.45) is 0 Å². The normalized spacial score (nSPS) is 10.4. The van der Waals surface area contributed by atoms with Crippen LogP contribution in [0.1, 0.15) is 13.8 Å². The van der Waals surface area contributed by atoms with Crippen LogP contribution in [-0.2, 0) is 6.54 Å². The van der Waals surface area contributed by atoms with E-state index in [1.54, 1.807) is 12.4 Å². The SMILES string of the molecule is CCNc1nccc(-c2nccn2CC)n1. The minimum atomic E-state index is 0.644. The minimum absolute atomic E-state index is 0.644. The molecule has 16 heavy (non-hydrogen) atoms. The number of nitrogens with one attached hydrogen (secondary N) is 1. The molecule has 5 nitrogen and oxygen atoms in total. The summed E-state index contributed by atoms with van der Waals surface area (Å²) in [5.41, 5.74) is 0.845. The zero-order valence-electron chi connectivity index (χ0n) is 9.51. The molecule has 2 rings (SSSR count). The van der Waals surface area contributed by atoms with Gasteiger partial charge in [0.25, 0.3) is 0 Å². The minimum Gasteiger partial charge on any atom is -0.354 e. The van der Waals surface area contributed by atoms with Crippen LogP contribution in [0.15, 0.2) is 24.7 Å². The van der Waals surface area contributed by atoms with Crippen molar-refractivity contribution in [1.82, 2.24) is 19.5 Å². The second kappa shape index (κ2) is 4.74. The van der Waals surface area contributed by atoms with Gasteiger partial charge in [-0.25, -0.2) is 15.0 Å². The third kappa shape index (κ3) is 2.03. The average Bonchev–Trinajstić information content (AvgIpc) is 2.78. The average molecular weight is 217 g/mol. The van der Waals surface area contributed by atoms with Gasteiger partial charge in [0.1, 0.15) is 5.69 Å². The first-order chi connectivity index (χ1) is 7.85. The summed E-state index contributed by atoms with van der Waals surface area (Å²) in [4.78, 5) is 12.8. The summed E-state index contributed by atoms with van der Waals surface area (Å²) in [5, 5.41) is 3.09. The van der Waals surface area contributed by atoms with Gasteiger partial charge in [-0.15, -0.1) is 0 Å². The van der Waals surface area contributed by atoms with Crippen LogP contribution < -0.4 is 5.32 Å². The highest BCUT2D eigenvalue weighted by molar-refractivity contribution is 5.51. The standard InChI is InChI=1S/C11H15N5/c1-3-12-11-14-6-5-9(15-11)10-13-7-8-16(10)4-2/h5-8H,3-4H2,1-2H3,(H,12,14,15). The Morgan fingerprint density at radius 3 is 2.88 bits per heavy atom. The molecule has 2 aromatic heterocycles. The van der Waals surface area contributed by atoms with Gasteiger partial charge in [0.15, 0.2) is 5.82 Å². The fourth-order valence-electron chi connectivity index (χ4n) is 1.52. The summed E-state index contributed by atoms with van der Waals surface area (Å²) in [6.45, 7) is 5.79. The molecule has 84 valence electrons. The van der Waals surface area contributed by atoms with Crippen molar-refractivity contribution in [3.8, 4) is 11.5 Å². The summed E-state index contributed by atoms with van der Waals surface area (Å²) in [6, 6.07) is 1.87. The number of imidazole rings is 1. The number of hydrogen-bond donors (Lipinski definition) is 1. The first kappa shape index (κ1) is 10.6. The lowest BCUT2D eigenvalue weighted by Gasteiger charge is -2.05. The fourth-order valence-corrected chi connectivity index (χ4v) is 1.52. The Balaban J connectivity index is 2.36. The number of aromatic nitrogens is 4. The van der Waals surface area contributed by atoms with Crippen molar-refractivity contribution in [2.75, 3.05) is 11.9 Å². The van der Waals surface area contributed by atoms with E-state index in [1.807, 2.05) is 19.2 Å². The van der Waals surface area contributed by atoms with E-state index in [4.69, 9.17) is 0 Å². The van der Waals surface area contributed by atoms with E-state index in [0.29, 0.717) is 5.95 Å². The van der Waals surface area contributed by atoms with Crippen molar-refractivity contribution in [3.63, 3.8) is 0 Å². The first-order valence-electron chi connectivity index (χ1n) is 5.43. The van der Waals surface area contributed by atoms with Gasteiger partial charge >= 0.3 is 0 Å². The molecule has 0 radical (unpaired) electrons. The zero-order chi connectivity index (χ0) is 11.4. The predicted octanol–water partition coefficient (Wildman–Crippen LogP) is 1.79. The molecule has 0 aliphatic carbocycles. The molecule has 0 amide bonds. The maximum absolute atomic E-state index is 4.41. The lowest BCUT2D eigenvalue weighted by atomic mass is 10.4. The molecule has 0 atom stereocenters. The third-order valence-corrected chi connectivity index (χ3v) is 2.28. The molecule has 2 heterocycles. The second-order valence-electron chi connectivity index (χ2n) is 3.33. The predicted molar refractivity (Wildman–Crippen MR) is 63.1 cm³/mol. The van der Waals surface area contributed by atoms with Gasteiger partial charge in [0.05, 0.1) is 0 Å². The van der Waals surface area contributed by atoms with Crippen LogP contribution >= 0.6 is 0 Å². The molecule has 1 N–H and O–H groups in total. The monoisotopic (exact) mass is 217 g/mol. The first-order valence-corrected chi connectivity index (χ1v) is 5.43. The highest BCUT2D eigenvalue weighted by Gasteiger charge is 2.06. The van der Waals surface area contributed by atoms with Crippen molar-refractivity contribution in [1.29, 1.82) is 0 Å². The highest BCUT2D eigenvalue weighted by atomic mass is 15.1. The number of anilines is 1. The number of aryl methyl sites for hydroxylation is 1. The molecule has 0 spiro atoms. The van der Waals surface area contributed by atoms with Crippen LogP contribution in [0.5, 0.6) is 0 Å². The maximum Gasteiger partial charge on any atom is 0.223 e. The lowest BCUT2D eigenvalue weighted by molar-refractivity contribution is 0.767. The summed E-state index contributed by atoms with van der Waals surface area (Å²) in [5.74, 6) is 1.52. The summed E-state index contributed by atoms with van der Waals surface area (Å²) < 4.78 is 2.05. The number of nitrogens with zero attached hydrogens (tertiary/aromatic N) is 4. The molecule has 2 aromatic rings. The van der Waals surface area contributed by atoms with Crippen molar-refractivity contribution < 1.29 is 0 Å². The van der Waals surface area contributed by atoms with Crippen molar-refractivity contribution in [2.45, 2.75) is 20.4 Å². The highest BCUT2D eigenvalue weighted by Crippen LogP contribution is 2.15. The van der Waals surface area contributed by atoms with E-state index in [0.717, 1.165) is 24.6 Å². The summed E-state index contributed by atoms with van der Waals surface area (Å²) in [7, 11) is 0. The number of rotatable bonds is 4. The lowest BCUT2D eigenvalue weighted by Crippen LogP contribution is -2.04. The van der Waals surface area contributed by atoms with E-state index in [1.165, 1.54) is 0 Å². The van der Waals surface area contributed by atoms with Crippen LogP contribution in [0.3, 0.4) is 0 Å². The second-order valence-corrected chi connectivity index (χ2v) is 3.33. The largest absolute Gasteiger partial charge is 0.354 e. The molecular weight excluding hydrogens is 202 g/mol. The van der Waals surface area contributed by atoms with Crippen LogP contribution in [0, 0.1) is 0 Å². The van der Waals surface area contributed by atoms with Gasteiger partial charge in [0.2, 0.25) is 5.95 Å². The van der Waals surface area contributed by atoms with Gasteiger partial charge < -0.3 is 9.88 Å². The van der Waals surface area contributed by atoms with Gasteiger partial charge in [-0.2, -0.15) is 0 Å². The molecular formula is C11H15N5. The molecule has 0 aliphatic rings. The van der Waals surface area contributed by atoms with Crippen LogP contribution in [0.2, 0.25) is 0 Å². The topological polar surface area (TPSA) is 55.6 Å². The third-order valence-electron chi connectivity index (χ3n) is 2.28. The molecule has 0 aliphatic heterocycles. The van der Waals surface area contributed by atoms with Crippen LogP contribution in [-0.4, -0.2) is 26.1 Å². The quantitative estimate of drug-likeness (QED) is 0.848. The van der Waals surface area contributed by atoms with Crippen LogP contribution in [0.25, 0.3) is 11.5 Å². The Hall–Kier alpha value is -1.91. The Morgan fingerprint density at radius 1 is 1.25 bits per heavy atom. The van der Waals surface area contributed by atoms with Crippen molar-refractivity contribution in [3.05, 3.63) is 24.7 Å². The molecule has 0 bridgehead atoms. The van der Waals surface area contributed by atoms with Gasteiger partial charge in [-0.1, -0.05) is 0 Å².